The minimum Gasteiger partial charge on any atom is -0.493 e. The summed E-state index contributed by atoms with van der Waals surface area (Å²) in [5.74, 6) is 0.929. The second-order valence-corrected chi connectivity index (χ2v) is 6.23. The van der Waals surface area contributed by atoms with Gasteiger partial charge in [-0.15, -0.1) is 0 Å². The first-order valence-corrected chi connectivity index (χ1v) is 8.30. The van der Waals surface area contributed by atoms with Crippen LogP contribution in [0.3, 0.4) is 0 Å². The molecule has 0 fully saturated rings. The summed E-state index contributed by atoms with van der Waals surface area (Å²) >= 11 is 0. The Labute approximate surface area is 126 Å². The fourth-order valence-electron chi connectivity index (χ4n) is 1.81. The van der Waals surface area contributed by atoms with E-state index in [1.165, 1.54) is 7.11 Å². The molecule has 0 aliphatic heterocycles. The van der Waals surface area contributed by atoms with E-state index in [9.17, 15) is 13.0 Å². The lowest BCUT2D eigenvalue weighted by molar-refractivity contribution is -0.0518. The smallest absolute Gasteiger partial charge is 0.387 e. The highest BCUT2D eigenvalue weighted by Gasteiger charge is 2.15. The Kier molecular flexibility index (Phi) is 7.60. The number of rotatable bonds is 9. The quantitative estimate of drug-likeness (QED) is 0.759. The van der Waals surface area contributed by atoms with Crippen molar-refractivity contribution >= 4 is 10.8 Å². The zero-order chi connectivity index (χ0) is 15.8. The van der Waals surface area contributed by atoms with Gasteiger partial charge >= 0.3 is 6.61 Å². The van der Waals surface area contributed by atoms with Gasteiger partial charge in [-0.1, -0.05) is 12.1 Å². The van der Waals surface area contributed by atoms with E-state index in [0.29, 0.717) is 17.9 Å². The first-order valence-electron chi connectivity index (χ1n) is 6.58. The van der Waals surface area contributed by atoms with Gasteiger partial charge in [-0.25, -0.2) is 0 Å². The molecule has 0 amide bonds. The number of alkyl halides is 2. The van der Waals surface area contributed by atoms with Crippen molar-refractivity contribution in [1.29, 1.82) is 0 Å². The van der Waals surface area contributed by atoms with Crippen LogP contribution in [0.4, 0.5) is 8.78 Å². The second-order valence-electron chi connectivity index (χ2n) is 4.67. The van der Waals surface area contributed by atoms with Crippen LogP contribution >= 0.6 is 0 Å². The molecule has 7 heteroatoms. The highest BCUT2D eigenvalue weighted by atomic mass is 32.2. The molecule has 0 saturated carbocycles. The molecule has 0 aromatic heterocycles. The van der Waals surface area contributed by atoms with E-state index >= 15 is 0 Å². The van der Waals surface area contributed by atoms with Crippen LogP contribution in [0.2, 0.25) is 0 Å². The van der Waals surface area contributed by atoms with Crippen molar-refractivity contribution in [1.82, 2.24) is 5.32 Å². The number of hydrogen-bond donors (Lipinski definition) is 1. The largest absolute Gasteiger partial charge is 0.493 e. The van der Waals surface area contributed by atoms with Crippen LogP contribution in [-0.2, 0) is 17.3 Å². The van der Waals surface area contributed by atoms with Crippen molar-refractivity contribution in [2.24, 2.45) is 0 Å². The summed E-state index contributed by atoms with van der Waals surface area (Å²) in [6.45, 7) is -0.572. The highest BCUT2D eigenvalue weighted by Crippen LogP contribution is 2.32. The van der Waals surface area contributed by atoms with Crippen LogP contribution < -0.4 is 14.8 Å². The van der Waals surface area contributed by atoms with Crippen LogP contribution in [0, 0.1) is 0 Å². The highest BCUT2D eigenvalue weighted by molar-refractivity contribution is 7.84. The molecule has 1 aromatic carbocycles. The number of halogens is 2. The third-order valence-electron chi connectivity index (χ3n) is 2.97. The summed E-state index contributed by atoms with van der Waals surface area (Å²) in [6.07, 6.45) is 2.40. The van der Waals surface area contributed by atoms with E-state index in [1.807, 2.05) is 6.92 Å². The van der Waals surface area contributed by atoms with Crippen molar-refractivity contribution in [2.45, 2.75) is 32.5 Å². The summed E-state index contributed by atoms with van der Waals surface area (Å²) in [7, 11) is 0.571. The van der Waals surface area contributed by atoms with Crippen molar-refractivity contribution < 1.29 is 22.5 Å². The van der Waals surface area contributed by atoms with Gasteiger partial charge in [-0.2, -0.15) is 8.78 Å². The molecule has 0 heterocycles. The lowest BCUT2D eigenvalue weighted by atomic mass is 10.1. The van der Waals surface area contributed by atoms with Crippen molar-refractivity contribution in [3.63, 3.8) is 0 Å². The Morgan fingerprint density at radius 2 is 2.10 bits per heavy atom. The fourth-order valence-corrected chi connectivity index (χ4v) is 2.50. The summed E-state index contributed by atoms with van der Waals surface area (Å²) < 4.78 is 45.6. The minimum atomic E-state index is -2.90. The predicted molar refractivity (Wildman–Crippen MR) is 79.5 cm³/mol. The molecule has 0 radical (unpaired) electrons. The van der Waals surface area contributed by atoms with Crippen molar-refractivity contribution in [3.05, 3.63) is 23.8 Å². The first-order chi connectivity index (χ1) is 9.93. The molecule has 1 N–H and O–H groups in total. The van der Waals surface area contributed by atoms with Crippen LogP contribution in [0.5, 0.6) is 11.5 Å². The number of benzene rings is 1. The number of nitrogens with one attached hydrogen (secondary N) is 1. The average Bonchev–Trinajstić information content (AvgIpc) is 2.43. The maximum Gasteiger partial charge on any atom is 0.387 e. The van der Waals surface area contributed by atoms with E-state index < -0.39 is 17.4 Å². The fraction of sp³-hybridized carbons (Fsp3) is 0.571. The van der Waals surface area contributed by atoms with Crippen LogP contribution in [0.1, 0.15) is 18.9 Å². The SMILES string of the molecule is COc1cccc(CNC(C)CCS(C)=O)c1OC(F)F. The third-order valence-corrected chi connectivity index (χ3v) is 3.78. The number of para-hydroxylation sites is 1. The van der Waals surface area contributed by atoms with Crippen molar-refractivity contribution in [3.8, 4) is 11.5 Å². The Morgan fingerprint density at radius 1 is 1.38 bits per heavy atom. The van der Waals surface area contributed by atoms with E-state index in [1.54, 1.807) is 24.5 Å². The molecule has 0 aliphatic carbocycles. The molecule has 1 rings (SSSR count). The topological polar surface area (TPSA) is 47.6 Å². The van der Waals surface area contributed by atoms with Gasteiger partial charge < -0.3 is 14.8 Å². The van der Waals surface area contributed by atoms with Gasteiger partial charge in [0.25, 0.3) is 0 Å². The van der Waals surface area contributed by atoms with Gasteiger partial charge in [0.05, 0.1) is 7.11 Å². The number of ether oxygens (including phenoxy) is 2. The lowest BCUT2D eigenvalue weighted by Crippen LogP contribution is -2.27. The molecular weight excluding hydrogens is 300 g/mol. The Morgan fingerprint density at radius 3 is 2.67 bits per heavy atom. The summed E-state index contributed by atoms with van der Waals surface area (Å²) in [4.78, 5) is 0. The van der Waals surface area contributed by atoms with Gasteiger partial charge in [-0.05, 0) is 19.4 Å². The predicted octanol–water partition coefficient (Wildman–Crippen LogP) is 2.54. The minimum absolute atomic E-state index is 0.0498. The van der Waals surface area contributed by atoms with Crippen LogP contribution in [-0.4, -0.2) is 36.0 Å². The molecule has 2 atom stereocenters. The monoisotopic (exact) mass is 321 g/mol. The van der Waals surface area contributed by atoms with Gasteiger partial charge in [0.15, 0.2) is 11.5 Å². The molecule has 120 valence electrons. The Balaban J connectivity index is 2.71. The summed E-state index contributed by atoms with van der Waals surface area (Å²) in [5.41, 5.74) is 0.596. The molecule has 0 aliphatic rings. The zero-order valence-corrected chi connectivity index (χ0v) is 13.2. The average molecular weight is 321 g/mol. The molecule has 4 nitrogen and oxygen atoms in total. The van der Waals surface area contributed by atoms with E-state index in [2.05, 4.69) is 10.1 Å². The summed E-state index contributed by atoms with van der Waals surface area (Å²) in [5, 5.41) is 3.20. The lowest BCUT2D eigenvalue weighted by Gasteiger charge is -2.17. The molecule has 2 unspecified atom stereocenters. The molecule has 21 heavy (non-hydrogen) atoms. The Bertz CT molecular complexity index is 472. The van der Waals surface area contributed by atoms with Gasteiger partial charge in [0.2, 0.25) is 0 Å². The molecule has 0 saturated heterocycles. The standard InChI is InChI=1S/C14H21F2NO3S/c1-10(7-8-21(3)18)17-9-11-5-4-6-12(19-2)13(11)20-14(15)16/h4-6,10,14,17H,7-9H2,1-3H3. The van der Waals surface area contributed by atoms with Crippen molar-refractivity contribution in [2.75, 3.05) is 19.1 Å². The zero-order valence-electron chi connectivity index (χ0n) is 12.4. The Hall–Kier alpha value is -1.21. The van der Waals surface area contributed by atoms with Gasteiger partial charge in [0.1, 0.15) is 0 Å². The molecule has 0 spiro atoms. The van der Waals surface area contributed by atoms with Gasteiger partial charge in [0, 0.05) is 41.0 Å². The van der Waals surface area contributed by atoms with Crippen LogP contribution in [0.25, 0.3) is 0 Å². The maximum atomic E-state index is 12.5. The van der Waals surface area contributed by atoms with Gasteiger partial charge in [-0.3, -0.25) is 4.21 Å². The first kappa shape index (κ1) is 17.8. The molecular formula is C14H21F2NO3S. The maximum absolute atomic E-state index is 12.5. The molecule has 1 aromatic rings. The van der Waals surface area contributed by atoms with E-state index in [0.717, 1.165) is 6.42 Å². The summed E-state index contributed by atoms with van der Waals surface area (Å²) in [6, 6.07) is 5.13. The van der Waals surface area contributed by atoms with E-state index in [4.69, 9.17) is 4.74 Å². The third kappa shape index (κ3) is 6.39. The second kappa shape index (κ2) is 8.94. The molecule has 0 bridgehead atoms. The number of methoxy groups -OCH3 is 1. The van der Waals surface area contributed by atoms with E-state index in [-0.39, 0.29) is 17.5 Å². The van der Waals surface area contributed by atoms with Crippen LogP contribution in [0.15, 0.2) is 18.2 Å². The normalized spacial score (nSPS) is 14.0. The number of hydrogen-bond acceptors (Lipinski definition) is 4.